The summed E-state index contributed by atoms with van der Waals surface area (Å²) in [4.78, 5) is 14.0. The Labute approximate surface area is 166 Å². The minimum atomic E-state index is -3.83. The Morgan fingerprint density at radius 2 is 1.85 bits per heavy atom. The molecule has 0 saturated carbocycles. The number of sulfonamides is 1. The van der Waals surface area contributed by atoms with E-state index in [4.69, 9.17) is 10.5 Å². The van der Waals surface area contributed by atoms with Crippen LogP contribution in [0.15, 0.2) is 53.4 Å². The first-order chi connectivity index (χ1) is 12.3. The number of methoxy groups -OCH3 is 1. The fourth-order valence-electron chi connectivity index (χ4n) is 2.23. The third-order valence-electron chi connectivity index (χ3n) is 4.06. The summed E-state index contributed by atoms with van der Waals surface area (Å²) < 4.78 is 32.7. The van der Waals surface area contributed by atoms with Gasteiger partial charge < -0.3 is 15.4 Å². The Hall–Kier alpha value is -2.29. The number of rotatable bonds is 7. The van der Waals surface area contributed by atoms with Gasteiger partial charge in [0.05, 0.1) is 12.0 Å². The molecule has 0 aliphatic heterocycles. The molecule has 0 aromatic heterocycles. The van der Waals surface area contributed by atoms with E-state index < -0.39 is 10.0 Å². The monoisotopic (exact) mass is 413 g/mol. The molecule has 0 fully saturated rings. The minimum Gasteiger partial charge on any atom is -0.497 e. The number of hydrogen-bond acceptors (Lipinski definition) is 5. The van der Waals surface area contributed by atoms with E-state index in [0.717, 1.165) is 0 Å². The van der Waals surface area contributed by atoms with Crippen molar-refractivity contribution in [2.24, 2.45) is 5.73 Å². The maximum absolute atomic E-state index is 12.6. The van der Waals surface area contributed by atoms with Crippen LogP contribution < -0.4 is 15.2 Å². The van der Waals surface area contributed by atoms with E-state index in [2.05, 4.69) is 4.72 Å². The first-order valence-electron chi connectivity index (χ1n) is 8.02. The SMILES string of the molecule is COc1ccc(NS(=O)(=O)c2cccc(C(=O)N(C)C(C)CN)c2)cc1.Cl. The molecule has 0 spiro atoms. The molecule has 7 nitrogen and oxygen atoms in total. The molecule has 1 amide bonds. The largest absolute Gasteiger partial charge is 0.497 e. The first kappa shape index (κ1) is 22.8. The molecule has 1 atom stereocenters. The lowest BCUT2D eigenvalue weighted by molar-refractivity contribution is 0.0748. The van der Waals surface area contributed by atoms with Gasteiger partial charge in [-0.15, -0.1) is 12.4 Å². The average Bonchev–Trinajstić information content (AvgIpc) is 2.66. The third kappa shape index (κ3) is 5.59. The van der Waals surface area contributed by atoms with Crippen molar-refractivity contribution in [1.29, 1.82) is 0 Å². The number of carbonyl (C=O) groups is 1. The number of nitrogens with two attached hydrogens (primary N) is 1. The van der Waals surface area contributed by atoms with Crippen LogP contribution >= 0.6 is 12.4 Å². The number of anilines is 1. The van der Waals surface area contributed by atoms with Crippen molar-refractivity contribution in [2.75, 3.05) is 25.4 Å². The topological polar surface area (TPSA) is 102 Å². The zero-order valence-electron chi connectivity index (χ0n) is 15.4. The lowest BCUT2D eigenvalue weighted by Gasteiger charge is -2.23. The molecule has 0 radical (unpaired) electrons. The van der Waals surface area contributed by atoms with Crippen molar-refractivity contribution < 1.29 is 17.9 Å². The third-order valence-corrected chi connectivity index (χ3v) is 5.44. The molecule has 2 aromatic rings. The van der Waals surface area contributed by atoms with E-state index in [1.54, 1.807) is 37.4 Å². The highest BCUT2D eigenvalue weighted by Crippen LogP contribution is 2.20. The van der Waals surface area contributed by atoms with Crippen molar-refractivity contribution >= 4 is 34.0 Å². The zero-order chi connectivity index (χ0) is 19.3. The summed E-state index contributed by atoms with van der Waals surface area (Å²) in [6, 6.07) is 12.3. The van der Waals surface area contributed by atoms with Crippen LogP contribution in [0.4, 0.5) is 5.69 Å². The summed E-state index contributed by atoms with van der Waals surface area (Å²) in [6.07, 6.45) is 0. The van der Waals surface area contributed by atoms with Crippen molar-refractivity contribution in [3.05, 3.63) is 54.1 Å². The van der Waals surface area contributed by atoms with E-state index in [1.165, 1.54) is 30.2 Å². The summed E-state index contributed by atoms with van der Waals surface area (Å²) in [5.74, 6) is 0.335. The van der Waals surface area contributed by atoms with Crippen LogP contribution in [0, 0.1) is 0 Å². The fraction of sp³-hybridized carbons (Fsp3) is 0.278. The Morgan fingerprint density at radius 1 is 1.22 bits per heavy atom. The summed E-state index contributed by atoms with van der Waals surface area (Å²) >= 11 is 0. The van der Waals surface area contributed by atoms with Gasteiger partial charge in [0.2, 0.25) is 0 Å². The molecule has 1 unspecified atom stereocenters. The van der Waals surface area contributed by atoms with E-state index >= 15 is 0 Å². The number of nitrogens with one attached hydrogen (secondary N) is 1. The Morgan fingerprint density at radius 3 is 2.41 bits per heavy atom. The van der Waals surface area contributed by atoms with Gasteiger partial charge in [0.15, 0.2) is 0 Å². The second-order valence-electron chi connectivity index (χ2n) is 5.86. The van der Waals surface area contributed by atoms with Gasteiger partial charge in [-0.1, -0.05) is 6.07 Å². The maximum Gasteiger partial charge on any atom is 0.261 e. The van der Waals surface area contributed by atoms with Gasteiger partial charge in [-0.25, -0.2) is 8.42 Å². The molecule has 0 aliphatic carbocycles. The van der Waals surface area contributed by atoms with Gasteiger partial charge in [-0.2, -0.15) is 0 Å². The average molecular weight is 414 g/mol. The highest BCUT2D eigenvalue weighted by atomic mass is 35.5. The molecule has 0 heterocycles. The summed E-state index contributed by atoms with van der Waals surface area (Å²) in [5.41, 5.74) is 6.27. The molecular formula is C18H24ClN3O4S. The van der Waals surface area contributed by atoms with Gasteiger partial charge in [-0.05, 0) is 49.4 Å². The second-order valence-corrected chi connectivity index (χ2v) is 7.55. The number of ether oxygens (including phenoxy) is 1. The van der Waals surface area contributed by atoms with Crippen LogP contribution in [0.2, 0.25) is 0 Å². The molecule has 3 N–H and O–H groups in total. The number of amides is 1. The van der Waals surface area contributed by atoms with Gasteiger partial charge in [0.1, 0.15) is 5.75 Å². The summed E-state index contributed by atoms with van der Waals surface area (Å²) in [5, 5.41) is 0. The summed E-state index contributed by atoms with van der Waals surface area (Å²) in [6.45, 7) is 2.14. The quantitative estimate of drug-likeness (QED) is 0.725. The molecule has 0 aliphatic rings. The highest BCUT2D eigenvalue weighted by Gasteiger charge is 2.20. The van der Waals surface area contributed by atoms with Crippen LogP contribution in [-0.4, -0.2) is 46.0 Å². The van der Waals surface area contributed by atoms with Gasteiger partial charge in [-0.3, -0.25) is 9.52 Å². The predicted molar refractivity (Wildman–Crippen MR) is 108 cm³/mol. The minimum absolute atomic E-state index is 0. The fourth-order valence-corrected chi connectivity index (χ4v) is 3.34. The summed E-state index contributed by atoms with van der Waals surface area (Å²) in [7, 11) is -0.659. The molecule has 148 valence electrons. The number of halogens is 1. The van der Waals surface area contributed by atoms with E-state index in [0.29, 0.717) is 18.0 Å². The number of likely N-dealkylation sites (N-methyl/N-ethyl adjacent to an activating group) is 1. The normalized spacial score (nSPS) is 11.9. The van der Waals surface area contributed by atoms with Crippen LogP contribution in [0.1, 0.15) is 17.3 Å². The standard InChI is InChI=1S/C18H23N3O4S.ClH/c1-13(12-19)21(2)18(22)14-5-4-6-17(11-14)26(23,24)20-15-7-9-16(25-3)10-8-15;/h4-11,13,20H,12,19H2,1-3H3;1H. The zero-order valence-corrected chi connectivity index (χ0v) is 17.0. The van der Waals surface area contributed by atoms with Crippen LogP contribution in [0.5, 0.6) is 5.75 Å². The van der Waals surface area contributed by atoms with Crippen molar-refractivity contribution in [2.45, 2.75) is 17.9 Å². The molecule has 2 rings (SSSR count). The van der Waals surface area contributed by atoms with Crippen LogP contribution in [0.25, 0.3) is 0 Å². The highest BCUT2D eigenvalue weighted by molar-refractivity contribution is 7.92. The Balaban J connectivity index is 0.00000364. The number of carbonyl (C=O) groups excluding carboxylic acids is 1. The predicted octanol–water partition coefficient (Wildman–Crippen LogP) is 2.34. The number of benzene rings is 2. The van der Waals surface area contributed by atoms with Gasteiger partial charge in [0.25, 0.3) is 15.9 Å². The first-order valence-corrected chi connectivity index (χ1v) is 9.51. The Kier molecular flexibility index (Phi) is 8.08. The van der Waals surface area contributed by atoms with Gasteiger partial charge in [0, 0.05) is 30.9 Å². The molecule has 2 aromatic carbocycles. The molecule has 0 saturated heterocycles. The molecule has 0 bridgehead atoms. The van der Waals surface area contributed by atoms with E-state index in [1.807, 2.05) is 6.92 Å². The Bertz CT molecular complexity index is 872. The van der Waals surface area contributed by atoms with Crippen molar-refractivity contribution in [1.82, 2.24) is 4.90 Å². The lowest BCUT2D eigenvalue weighted by atomic mass is 10.2. The number of hydrogen-bond donors (Lipinski definition) is 2. The molecule has 27 heavy (non-hydrogen) atoms. The smallest absolute Gasteiger partial charge is 0.261 e. The number of nitrogens with zero attached hydrogens (tertiary/aromatic N) is 1. The second kappa shape index (κ2) is 9.59. The maximum atomic E-state index is 12.6. The molecule has 9 heteroatoms. The van der Waals surface area contributed by atoms with Crippen LogP contribution in [0.3, 0.4) is 0 Å². The van der Waals surface area contributed by atoms with E-state index in [9.17, 15) is 13.2 Å². The van der Waals surface area contributed by atoms with Crippen molar-refractivity contribution in [3.63, 3.8) is 0 Å². The molecular weight excluding hydrogens is 390 g/mol. The van der Waals surface area contributed by atoms with Crippen molar-refractivity contribution in [3.8, 4) is 5.75 Å². The lowest BCUT2D eigenvalue weighted by Crippen LogP contribution is -2.39. The van der Waals surface area contributed by atoms with E-state index in [-0.39, 0.29) is 34.8 Å². The van der Waals surface area contributed by atoms with Gasteiger partial charge >= 0.3 is 0 Å². The van der Waals surface area contributed by atoms with Crippen LogP contribution in [-0.2, 0) is 10.0 Å².